The van der Waals surface area contributed by atoms with Gasteiger partial charge >= 0.3 is 5.97 Å². The molecule has 1 aliphatic rings. The Morgan fingerprint density at radius 2 is 1.88 bits per heavy atom. The first-order valence-corrected chi connectivity index (χ1v) is 11.3. The highest BCUT2D eigenvalue weighted by Gasteiger charge is 2.28. The molecule has 2 aromatic rings. The van der Waals surface area contributed by atoms with Crippen LogP contribution < -0.4 is 16.1 Å². The highest BCUT2D eigenvalue weighted by atomic mass is 35.5. The van der Waals surface area contributed by atoms with Crippen LogP contribution in [0.2, 0.25) is 5.02 Å². The van der Waals surface area contributed by atoms with Crippen LogP contribution in [0.5, 0.6) is 0 Å². The van der Waals surface area contributed by atoms with Crippen molar-refractivity contribution < 1.29 is 24.3 Å². The van der Waals surface area contributed by atoms with Crippen LogP contribution in [0.25, 0.3) is 11.1 Å². The fourth-order valence-electron chi connectivity index (χ4n) is 3.34. The van der Waals surface area contributed by atoms with Gasteiger partial charge < -0.3 is 14.7 Å². The van der Waals surface area contributed by atoms with Crippen LogP contribution in [0, 0.1) is 0 Å². The van der Waals surface area contributed by atoms with Gasteiger partial charge in [0, 0.05) is 11.1 Å². The largest absolute Gasteiger partial charge is 0.459 e. The smallest absolute Gasteiger partial charge is 0.323 e. The molecule has 182 valence electrons. The summed E-state index contributed by atoms with van der Waals surface area (Å²) in [7, 11) is 0. The molecule has 4 N–H and O–H groups in total. The average molecular weight is 488 g/mol. The second-order valence-corrected chi connectivity index (χ2v) is 9.51. The third-order valence-corrected chi connectivity index (χ3v) is 5.16. The van der Waals surface area contributed by atoms with Crippen molar-refractivity contribution in [3.63, 3.8) is 0 Å². The first-order valence-electron chi connectivity index (χ1n) is 11.0. The molecule has 0 saturated carbocycles. The van der Waals surface area contributed by atoms with Crippen molar-refractivity contribution >= 4 is 23.5 Å². The maximum absolute atomic E-state index is 13.0. The Hall–Kier alpha value is -2.91. The Balaban J connectivity index is 1.75. The molecule has 0 aliphatic carbocycles. The van der Waals surface area contributed by atoms with Crippen LogP contribution in [0.3, 0.4) is 0 Å². The normalized spacial score (nSPS) is 17.4. The van der Waals surface area contributed by atoms with Gasteiger partial charge in [-0.05, 0) is 62.9 Å². The maximum Gasteiger partial charge on any atom is 0.323 e. The number of hydroxylamine groups is 1. The van der Waals surface area contributed by atoms with Gasteiger partial charge in [0.05, 0.1) is 6.04 Å². The number of carbonyl (C=O) groups is 2. The SMILES string of the molecule is C[C@H](N[C@@H](Cc1ccc(-c2cccc(Cl)c2)cc1)C(=O)NC1=CC(O)NO1)C(=O)OC(C)(C)C. The molecule has 0 aromatic heterocycles. The van der Waals surface area contributed by atoms with E-state index >= 15 is 0 Å². The number of esters is 1. The number of aliphatic hydroxyl groups excluding tert-OH is 1. The lowest BCUT2D eigenvalue weighted by molar-refractivity contribution is -0.157. The second-order valence-electron chi connectivity index (χ2n) is 9.07. The molecule has 1 heterocycles. The van der Waals surface area contributed by atoms with Crippen LogP contribution >= 0.6 is 11.6 Å². The molecule has 0 radical (unpaired) electrons. The number of rotatable bonds is 8. The van der Waals surface area contributed by atoms with Gasteiger partial charge in [-0.25, -0.2) is 0 Å². The van der Waals surface area contributed by atoms with Gasteiger partial charge in [0.15, 0.2) is 6.23 Å². The average Bonchev–Trinajstić information content (AvgIpc) is 3.17. The third kappa shape index (κ3) is 7.56. The van der Waals surface area contributed by atoms with Crippen LogP contribution in [0.1, 0.15) is 33.3 Å². The number of amides is 1. The van der Waals surface area contributed by atoms with Crippen molar-refractivity contribution in [1.82, 2.24) is 16.1 Å². The highest BCUT2D eigenvalue weighted by Crippen LogP contribution is 2.23. The monoisotopic (exact) mass is 487 g/mol. The molecule has 0 spiro atoms. The fourth-order valence-corrected chi connectivity index (χ4v) is 3.53. The minimum Gasteiger partial charge on any atom is -0.459 e. The molecule has 1 aliphatic heterocycles. The van der Waals surface area contributed by atoms with Crippen molar-refractivity contribution in [2.45, 2.75) is 58.0 Å². The van der Waals surface area contributed by atoms with E-state index in [0.29, 0.717) is 11.4 Å². The molecule has 2 aromatic carbocycles. The molecule has 0 saturated heterocycles. The van der Waals surface area contributed by atoms with Gasteiger partial charge in [0.2, 0.25) is 11.8 Å². The molecular weight excluding hydrogens is 458 g/mol. The Morgan fingerprint density at radius 3 is 2.47 bits per heavy atom. The summed E-state index contributed by atoms with van der Waals surface area (Å²) in [6.45, 7) is 7.00. The lowest BCUT2D eigenvalue weighted by Crippen LogP contribution is -2.52. The van der Waals surface area contributed by atoms with Crippen LogP contribution in [0.4, 0.5) is 0 Å². The van der Waals surface area contributed by atoms with Gasteiger partial charge in [0.1, 0.15) is 11.6 Å². The lowest BCUT2D eigenvalue weighted by Gasteiger charge is -2.26. The van der Waals surface area contributed by atoms with Gasteiger partial charge in [-0.15, -0.1) is 5.48 Å². The zero-order valence-corrected chi connectivity index (χ0v) is 20.3. The van der Waals surface area contributed by atoms with E-state index in [2.05, 4.69) is 16.1 Å². The Labute approximate surface area is 204 Å². The molecule has 1 unspecified atom stereocenters. The number of hydrogen-bond acceptors (Lipinski definition) is 7. The zero-order chi connectivity index (χ0) is 24.9. The van der Waals surface area contributed by atoms with E-state index in [-0.39, 0.29) is 5.88 Å². The summed E-state index contributed by atoms with van der Waals surface area (Å²) in [6.07, 6.45) is 0.617. The van der Waals surface area contributed by atoms with Crippen LogP contribution in [0.15, 0.2) is 60.5 Å². The number of nitrogens with one attached hydrogen (secondary N) is 3. The molecule has 0 bridgehead atoms. The van der Waals surface area contributed by atoms with E-state index in [4.69, 9.17) is 21.2 Å². The van der Waals surface area contributed by atoms with Crippen molar-refractivity contribution in [2.75, 3.05) is 0 Å². The standard InChI is InChI=1S/C25H30ClN3O5/c1-15(24(32)33-25(2,3)4)27-20(23(31)28-22-14-21(30)29-34-22)12-16-8-10-17(11-9-16)18-6-5-7-19(26)13-18/h5-11,13-15,20-21,27,29-30H,12H2,1-4H3,(H,28,31)/t15-,20-,21?/m0/s1. The number of halogens is 1. The lowest BCUT2D eigenvalue weighted by atomic mass is 10.00. The quantitative estimate of drug-likeness (QED) is 0.424. The van der Waals surface area contributed by atoms with E-state index in [1.165, 1.54) is 6.08 Å². The summed E-state index contributed by atoms with van der Waals surface area (Å²) in [5.74, 6) is -0.794. The van der Waals surface area contributed by atoms with Crippen LogP contribution in [-0.2, 0) is 25.6 Å². The number of aliphatic hydroxyl groups is 1. The highest BCUT2D eigenvalue weighted by molar-refractivity contribution is 6.30. The van der Waals surface area contributed by atoms with Gasteiger partial charge in [-0.3, -0.25) is 20.2 Å². The van der Waals surface area contributed by atoms with E-state index in [1.807, 2.05) is 48.5 Å². The first-order chi connectivity index (χ1) is 16.0. The van der Waals surface area contributed by atoms with Crippen LogP contribution in [-0.4, -0.2) is 40.9 Å². The molecule has 9 heteroatoms. The van der Waals surface area contributed by atoms with E-state index in [9.17, 15) is 14.7 Å². The van der Waals surface area contributed by atoms with Gasteiger partial charge in [-0.2, -0.15) is 0 Å². The fraction of sp³-hybridized carbons (Fsp3) is 0.360. The third-order valence-electron chi connectivity index (χ3n) is 4.92. The molecule has 0 fully saturated rings. The van der Waals surface area contributed by atoms with Crippen molar-refractivity contribution in [3.05, 3.63) is 71.1 Å². The van der Waals surface area contributed by atoms with Crippen molar-refractivity contribution in [2.24, 2.45) is 0 Å². The van der Waals surface area contributed by atoms with E-state index in [0.717, 1.165) is 16.7 Å². The summed E-state index contributed by atoms with van der Waals surface area (Å²) in [6, 6.07) is 13.8. The van der Waals surface area contributed by atoms with Crippen molar-refractivity contribution in [3.8, 4) is 11.1 Å². The zero-order valence-electron chi connectivity index (χ0n) is 19.6. The predicted octanol–water partition coefficient (Wildman–Crippen LogP) is 3.05. The number of hydrogen-bond donors (Lipinski definition) is 4. The molecule has 8 nitrogen and oxygen atoms in total. The summed E-state index contributed by atoms with van der Waals surface area (Å²) in [5, 5.41) is 15.8. The van der Waals surface area contributed by atoms with E-state index in [1.54, 1.807) is 27.7 Å². The summed E-state index contributed by atoms with van der Waals surface area (Å²) >= 11 is 6.10. The molecular formula is C25H30ClN3O5. The topological polar surface area (TPSA) is 109 Å². The first kappa shape index (κ1) is 25.7. The molecule has 34 heavy (non-hydrogen) atoms. The van der Waals surface area contributed by atoms with Gasteiger partial charge in [0.25, 0.3) is 0 Å². The van der Waals surface area contributed by atoms with Gasteiger partial charge in [-0.1, -0.05) is 48.0 Å². The maximum atomic E-state index is 13.0. The number of carbonyl (C=O) groups excluding carboxylic acids is 2. The Bertz CT molecular complexity index is 1050. The van der Waals surface area contributed by atoms with Crippen molar-refractivity contribution in [1.29, 1.82) is 0 Å². The van der Waals surface area contributed by atoms with E-state index < -0.39 is 35.8 Å². The predicted molar refractivity (Wildman–Crippen MR) is 129 cm³/mol. The molecule has 1 amide bonds. The Morgan fingerprint density at radius 1 is 1.18 bits per heavy atom. The molecule has 3 rings (SSSR count). The Kier molecular flexibility index (Phi) is 8.33. The number of benzene rings is 2. The summed E-state index contributed by atoms with van der Waals surface area (Å²) in [4.78, 5) is 30.5. The molecule has 3 atom stereocenters. The minimum atomic E-state index is -1.01. The summed E-state index contributed by atoms with van der Waals surface area (Å²) in [5.41, 5.74) is 4.53. The minimum absolute atomic E-state index is 0.0884. The second kappa shape index (κ2) is 11.0. The number of ether oxygens (including phenoxy) is 1. The summed E-state index contributed by atoms with van der Waals surface area (Å²) < 4.78 is 5.43.